The molecule has 0 saturated carbocycles. The van der Waals surface area contributed by atoms with E-state index < -0.39 is 0 Å². The summed E-state index contributed by atoms with van der Waals surface area (Å²) >= 11 is 0. The van der Waals surface area contributed by atoms with Crippen LogP contribution in [0.25, 0.3) is 22.0 Å². The number of anilines is 1. The second-order valence-corrected chi connectivity index (χ2v) is 7.67. The van der Waals surface area contributed by atoms with Gasteiger partial charge in [0.1, 0.15) is 5.69 Å². The van der Waals surface area contributed by atoms with E-state index in [0.29, 0.717) is 23.4 Å². The molecule has 3 heterocycles. The molecule has 2 aromatic heterocycles. The molecule has 1 aliphatic carbocycles. The highest BCUT2D eigenvalue weighted by molar-refractivity contribution is 6.26. The number of benzene rings is 1. The van der Waals surface area contributed by atoms with Gasteiger partial charge in [-0.15, -0.1) is 0 Å². The van der Waals surface area contributed by atoms with Crippen LogP contribution in [0, 0.1) is 0 Å². The van der Waals surface area contributed by atoms with Crippen molar-refractivity contribution in [3.63, 3.8) is 0 Å². The van der Waals surface area contributed by atoms with Crippen LogP contribution in [-0.2, 0) is 4.79 Å². The molecule has 0 spiro atoms. The number of piperidine rings is 1. The Morgan fingerprint density at radius 3 is 2.55 bits per heavy atom. The zero-order valence-corrected chi connectivity index (χ0v) is 16.1. The molecule has 0 atom stereocenters. The number of nitrogens with zero attached hydrogens (tertiary/aromatic N) is 3. The summed E-state index contributed by atoms with van der Waals surface area (Å²) in [7, 11) is 0. The number of aromatic nitrogens is 2. The number of carbonyl (C=O) groups is 2. The number of fused-ring (bicyclic) bond motifs is 2. The molecule has 1 saturated heterocycles. The minimum Gasteiger partial charge on any atom is -0.325 e. The Kier molecular flexibility index (Phi) is 4.56. The van der Waals surface area contributed by atoms with Gasteiger partial charge >= 0.3 is 0 Å². The van der Waals surface area contributed by atoms with E-state index in [4.69, 9.17) is 0 Å². The molecule has 1 fully saturated rings. The third kappa shape index (κ3) is 3.19. The summed E-state index contributed by atoms with van der Waals surface area (Å²) in [5.74, 6) is -0.243. The van der Waals surface area contributed by atoms with Crippen molar-refractivity contribution in [1.29, 1.82) is 0 Å². The molecule has 5 rings (SSSR count). The summed E-state index contributed by atoms with van der Waals surface area (Å²) in [4.78, 5) is 37.0. The summed E-state index contributed by atoms with van der Waals surface area (Å²) in [5, 5.41) is 4.68. The van der Waals surface area contributed by atoms with E-state index in [-0.39, 0.29) is 11.7 Å². The maximum Gasteiger partial charge on any atom is 0.225 e. The topological polar surface area (TPSA) is 75.2 Å². The highest BCUT2D eigenvalue weighted by Crippen LogP contribution is 2.39. The van der Waals surface area contributed by atoms with E-state index in [1.54, 1.807) is 18.5 Å². The van der Waals surface area contributed by atoms with Gasteiger partial charge in [-0.25, -0.2) is 0 Å². The fourth-order valence-electron chi connectivity index (χ4n) is 4.37. The summed E-state index contributed by atoms with van der Waals surface area (Å²) in [6, 6.07) is 9.29. The van der Waals surface area contributed by atoms with Gasteiger partial charge in [-0.05, 0) is 49.5 Å². The van der Waals surface area contributed by atoms with Crippen LogP contribution in [0.1, 0.15) is 41.7 Å². The van der Waals surface area contributed by atoms with Crippen LogP contribution in [0.5, 0.6) is 0 Å². The molecule has 1 N–H and O–H groups in total. The molecule has 6 heteroatoms. The lowest BCUT2D eigenvalue weighted by atomic mass is 9.87. The molecular weight excluding hydrogens is 364 g/mol. The van der Waals surface area contributed by atoms with Crippen LogP contribution in [0.4, 0.5) is 5.69 Å². The molecule has 0 bridgehead atoms. The Morgan fingerprint density at radius 2 is 1.76 bits per heavy atom. The molecule has 146 valence electrons. The number of pyridine rings is 2. The summed E-state index contributed by atoms with van der Waals surface area (Å²) in [5.41, 5.74) is 2.89. The molecule has 29 heavy (non-hydrogen) atoms. The van der Waals surface area contributed by atoms with Gasteiger partial charge in [-0.3, -0.25) is 19.6 Å². The van der Waals surface area contributed by atoms with Crippen LogP contribution in [0.15, 0.2) is 42.7 Å². The van der Waals surface area contributed by atoms with Crippen LogP contribution >= 0.6 is 0 Å². The molecule has 0 unspecified atom stereocenters. The monoisotopic (exact) mass is 386 g/mol. The number of nitrogens with one attached hydrogen (secondary N) is 1. The van der Waals surface area contributed by atoms with E-state index in [0.717, 1.165) is 41.7 Å². The zero-order chi connectivity index (χ0) is 19.8. The quantitative estimate of drug-likeness (QED) is 0.579. The van der Waals surface area contributed by atoms with Gasteiger partial charge in [-0.2, -0.15) is 0 Å². The number of carbonyl (C=O) groups excluding carboxylic acids is 2. The van der Waals surface area contributed by atoms with Gasteiger partial charge in [0, 0.05) is 36.3 Å². The normalized spacial score (nSPS) is 15.9. The van der Waals surface area contributed by atoms with Crippen molar-refractivity contribution < 1.29 is 9.59 Å². The average molecular weight is 386 g/mol. The molecule has 1 aliphatic heterocycles. The molecule has 2 aliphatic rings. The summed E-state index contributed by atoms with van der Waals surface area (Å²) < 4.78 is 0. The third-order valence-corrected chi connectivity index (χ3v) is 5.82. The fraction of sp³-hybridized carbons (Fsp3) is 0.304. The maximum atomic E-state index is 13.3. The van der Waals surface area contributed by atoms with Crippen molar-refractivity contribution >= 4 is 28.2 Å². The van der Waals surface area contributed by atoms with Gasteiger partial charge in [0.15, 0.2) is 0 Å². The number of likely N-dealkylation sites (tertiary alicyclic amines) is 1. The van der Waals surface area contributed by atoms with E-state index in [2.05, 4.69) is 20.2 Å². The third-order valence-electron chi connectivity index (χ3n) is 5.82. The first kappa shape index (κ1) is 17.9. The van der Waals surface area contributed by atoms with Crippen molar-refractivity contribution in [1.82, 2.24) is 14.9 Å². The highest BCUT2D eigenvalue weighted by atomic mass is 16.1. The molecular formula is C23H22N4O2. The number of hydrogen-bond donors (Lipinski definition) is 1. The van der Waals surface area contributed by atoms with E-state index in [1.165, 1.54) is 19.3 Å². The van der Waals surface area contributed by atoms with Crippen molar-refractivity contribution in [2.75, 3.05) is 25.0 Å². The first-order valence-corrected chi connectivity index (χ1v) is 10.2. The van der Waals surface area contributed by atoms with Crippen LogP contribution in [0.2, 0.25) is 0 Å². The first-order valence-electron chi connectivity index (χ1n) is 10.2. The van der Waals surface area contributed by atoms with Crippen molar-refractivity contribution in [3.05, 3.63) is 54.0 Å². The van der Waals surface area contributed by atoms with Gasteiger partial charge in [0.2, 0.25) is 11.7 Å². The summed E-state index contributed by atoms with van der Waals surface area (Å²) in [6.07, 6.45) is 7.48. The Hall–Kier alpha value is -3.12. The van der Waals surface area contributed by atoms with Gasteiger partial charge in [0.05, 0.1) is 16.9 Å². The van der Waals surface area contributed by atoms with E-state index in [1.807, 2.05) is 24.3 Å². The average Bonchev–Trinajstić information content (AvgIpc) is 2.76. The van der Waals surface area contributed by atoms with Crippen LogP contribution in [-0.4, -0.2) is 46.2 Å². The Bertz CT molecular complexity index is 1110. The van der Waals surface area contributed by atoms with Crippen molar-refractivity contribution in [3.8, 4) is 11.3 Å². The smallest absolute Gasteiger partial charge is 0.225 e. The number of hydrogen-bond acceptors (Lipinski definition) is 5. The van der Waals surface area contributed by atoms with Crippen molar-refractivity contribution in [2.45, 2.75) is 25.7 Å². The van der Waals surface area contributed by atoms with E-state index in [9.17, 15) is 9.59 Å². The number of amides is 1. The first-order chi connectivity index (χ1) is 14.2. The lowest BCUT2D eigenvalue weighted by Crippen LogP contribution is -2.32. The number of ketones is 1. The minimum absolute atomic E-state index is 0.0743. The highest BCUT2D eigenvalue weighted by Gasteiger charge is 2.30. The predicted octanol–water partition coefficient (Wildman–Crippen LogP) is 3.66. The maximum absolute atomic E-state index is 13.3. The molecule has 1 aromatic carbocycles. The molecule has 0 radical (unpaired) electrons. The lowest BCUT2D eigenvalue weighted by Gasteiger charge is -2.26. The summed E-state index contributed by atoms with van der Waals surface area (Å²) in [6.45, 7) is 2.87. The Labute approximate surface area is 169 Å². The second-order valence-electron chi connectivity index (χ2n) is 7.67. The van der Waals surface area contributed by atoms with Gasteiger partial charge in [-0.1, -0.05) is 18.6 Å². The Morgan fingerprint density at radius 1 is 1.00 bits per heavy atom. The molecule has 1 amide bonds. The van der Waals surface area contributed by atoms with Crippen LogP contribution < -0.4 is 5.32 Å². The second kappa shape index (κ2) is 7.37. The number of rotatable bonds is 4. The Balaban J connectivity index is 1.45. The predicted molar refractivity (Wildman–Crippen MR) is 112 cm³/mol. The van der Waals surface area contributed by atoms with Gasteiger partial charge in [0.25, 0.3) is 0 Å². The van der Waals surface area contributed by atoms with Crippen LogP contribution in [0.3, 0.4) is 0 Å². The standard InChI is InChI=1S/C23H22N4O2/c28-18(9-14-27-12-2-1-3-13-27)26-17-6-4-5-16-20(17)23(29)22-19-15(8-11-25-22)7-10-24-21(16)19/h4-8,10-11H,1-3,9,12-14H2,(H,26,28). The lowest BCUT2D eigenvalue weighted by molar-refractivity contribution is -0.116. The van der Waals surface area contributed by atoms with Gasteiger partial charge < -0.3 is 10.2 Å². The zero-order valence-electron chi connectivity index (χ0n) is 16.1. The fourth-order valence-corrected chi connectivity index (χ4v) is 4.37. The molecule has 6 nitrogen and oxygen atoms in total. The van der Waals surface area contributed by atoms with Crippen molar-refractivity contribution in [2.24, 2.45) is 0 Å². The minimum atomic E-state index is -0.168. The largest absolute Gasteiger partial charge is 0.325 e. The van der Waals surface area contributed by atoms with E-state index >= 15 is 0 Å². The SMILES string of the molecule is O=C(CCN1CCCCC1)Nc1cccc2c1C(=O)c1nccc3ccnc-2c13. The molecule has 3 aromatic rings.